The fourth-order valence-corrected chi connectivity index (χ4v) is 2.26. The third-order valence-corrected chi connectivity index (χ3v) is 3.34. The first-order valence-corrected chi connectivity index (χ1v) is 6.45. The number of carbonyl (C=O) groups excluding carboxylic acids is 1. The zero-order chi connectivity index (χ0) is 14.6. The van der Waals surface area contributed by atoms with Crippen molar-refractivity contribution in [1.82, 2.24) is 4.90 Å². The molecule has 1 fully saturated rings. The van der Waals surface area contributed by atoms with Crippen molar-refractivity contribution in [2.24, 2.45) is 0 Å². The van der Waals surface area contributed by atoms with Gasteiger partial charge < -0.3 is 4.74 Å². The molecule has 2 rings (SSSR count). The molecule has 0 amide bonds. The van der Waals surface area contributed by atoms with Crippen LogP contribution in [0.2, 0.25) is 0 Å². The monoisotopic (exact) mass is 287 g/mol. The molecule has 0 spiro atoms. The summed E-state index contributed by atoms with van der Waals surface area (Å²) in [6, 6.07) is 6.35. The molecule has 0 aromatic heterocycles. The van der Waals surface area contributed by atoms with Gasteiger partial charge in [-0.1, -0.05) is 30.3 Å². The maximum atomic E-state index is 13.1. The quantitative estimate of drug-likeness (QED) is 0.797. The molecule has 6 heteroatoms. The van der Waals surface area contributed by atoms with Crippen LogP contribution in [0, 0.1) is 0 Å². The number of hydrogen-bond donors (Lipinski definition) is 0. The molecule has 0 aliphatic carbocycles. The molecule has 1 saturated heterocycles. The summed E-state index contributed by atoms with van der Waals surface area (Å²) in [5.41, 5.74) is 0.315. The predicted octanol–water partition coefficient (Wildman–Crippen LogP) is 2.52. The zero-order valence-corrected chi connectivity index (χ0v) is 10.9. The van der Waals surface area contributed by atoms with Gasteiger partial charge in [-0.25, -0.2) is 0 Å². The molecule has 1 aromatic rings. The molecule has 1 aromatic carbocycles. The highest BCUT2D eigenvalue weighted by Crippen LogP contribution is 2.29. The number of morpholine rings is 1. The van der Waals surface area contributed by atoms with Gasteiger partial charge in [0.2, 0.25) is 0 Å². The highest BCUT2D eigenvalue weighted by Gasteiger charge is 2.44. The smallest absolute Gasteiger partial charge is 0.379 e. The van der Waals surface area contributed by atoms with Gasteiger partial charge in [-0.05, 0) is 0 Å². The van der Waals surface area contributed by atoms with Crippen LogP contribution in [0.5, 0.6) is 0 Å². The number of ketones is 1. The average Bonchev–Trinajstić information content (AvgIpc) is 2.45. The van der Waals surface area contributed by atoms with Crippen molar-refractivity contribution in [1.29, 1.82) is 0 Å². The number of rotatable bonds is 4. The highest BCUT2D eigenvalue weighted by atomic mass is 19.4. The molecule has 1 heterocycles. The van der Waals surface area contributed by atoms with Crippen LogP contribution in [0.15, 0.2) is 30.3 Å². The van der Waals surface area contributed by atoms with Crippen LogP contribution in [0.25, 0.3) is 0 Å². The summed E-state index contributed by atoms with van der Waals surface area (Å²) in [5.74, 6) is -0.487. The standard InChI is InChI=1S/C14H16F3NO2/c15-14(16,17)13(18-6-8-20-9-7-18)10-12(19)11-4-2-1-3-5-11/h1-5,13H,6-10H2. The summed E-state index contributed by atoms with van der Waals surface area (Å²) >= 11 is 0. The van der Waals surface area contributed by atoms with Gasteiger partial charge in [0.05, 0.1) is 13.2 Å². The summed E-state index contributed by atoms with van der Waals surface area (Å²) in [7, 11) is 0. The third-order valence-electron chi connectivity index (χ3n) is 3.34. The van der Waals surface area contributed by atoms with E-state index < -0.39 is 24.4 Å². The lowest BCUT2D eigenvalue weighted by Crippen LogP contribution is -2.51. The highest BCUT2D eigenvalue weighted by molar-refractivity contribution is 5.96. The third kappa shape index (κ3) is 3.80. The molecule has 0 radical (unpaired) electrons. The summed E-state index contributed by atoms with van der Waals surface area (Å²) in [5, 5.41) is 0. The molecule has 1 unspecified atom stereocenters. The summed E-state index contributed by atoms with van der Waals surface area (Å²) < 4.78 is 44.5. The molecule has 1 aliphatic rings. The first kappa shape index (κ1) is 15.0. The van der Waals surface area contributed by atoms with Crippen LogP contribution >= 0.6 is 0 Å². The Hall–Kier alpha value is -1.40. The molecule has 1 atom stereocenters. The first-order valence-electron chi connectivity index (χ1n) is 6.45. The lowest BCUT2D eigenvalue weighted by Gasteiger charge is -2.35. The molecule has 20 heavy (non-hydrogen) atoms. The van der Waals surface area contributed by atoms with Gasteiger partial charge in [0, 0.05) is 25.1 Å². The van der Waals surface area contributed by atoms with E-state index >= 15 is 0 Å². The van der Waals surface area contributed by atoms with Crippen molar-refractivity contribution in [3.8, 4) is 0 Å². The summed E-state index contributed by atoms with van der Waals surface area (Å²) in [4.78, 5) is 13.3. The number of carbonyl (C=O) groups is 1. The largest absolute Gasteiger partial charge is 0.404 e. The topological polar surface area (TPSA) is 29.5 Å². The Morgan fingerprint density at radius 1 is 1.20 bits per heavy atom. The van der Waals surface area contributed by atoms with Crippen molar-refractivity contribution in [2.45, 2.75) is 18.6 Å². The van der Waals surface area contributed by atoms with Gasteiger partial charge in [0.15, 0.2) is 5.78 Å². The molecule has 0 N–H and O–H groups in total. The number of hydrogen-bond acceptors (Lipinski definition) is 3. The Labute approximate surface area is 115 Å². The fourth-order valence-electron chi connectivity index (χ4n) is 2.26. The van der Waals surface area contributed by atoms with E-state index in [1.54, 1.807) is 18.2 Å². The Bertz CT molecular complexity index is 441. The fraction of sp³-hybridized carbons (Fsp3) is 0.500. The molecule has 0 bridgehead atoms. The normalized spacial score (nSPS) is 18.8. The molecular weight excluding hydrogens is 271 g/mol. The minimum absolute atomic E-state index is 0.201. The van der Waals surface area contributed by atoms with Crippen molar-refractivity contribution >= 4 is 5.78 Å². The van der Waals surface area contributed by atoms with E-state index in [9.17, 15) is 18.0 Å². The SMILES string of the molecule is O=C(CC(N1CCOCC1)C(F)(F)F)c1ccccc1. The van der Waals surface area contributed by atoms with E-state index in [1.165, 1.54) is 17.0 Å². The van der Waals surface area contributed by atoms with E-state index in [2.05, 4.69) is 0 Å². The number of halogens is 3. The Morgan fingerprint density at radius 2 is 1.80 bits per heavy atom. The summed E-state index contributed by atoms with van der Waals surface area (Å²) in [6.45, 7) is 0.941. The molecule has 0 saturated carbocycles. The van der Waals surface area contributed by atoms with E-state index in [1.807, 2.05) is 0 Å². The van der Waals surface area contributed by atoms with Crippen LogP contribution in [-0.2, 0) is 4.74 Å². The van der Waals surface area contributed by atoms with Gasteiger partial charge in [0.1, 0.15) is 6.04 Å². The second kappa shape index (κ2) is 6.37. The van der Waals surface area contributed by atoms with Gasteiger partial charge in [0.25, 0.3) is 0 Å². The van der Waals surface area contributed by atoms with Crippen molar-refractivity contribution in [3.63, 3.8) is 0 Å². The molecule has 1 aliphatic heterocycles. The van der Waals surface area contributed by atoms with Crippen LogP contribution in [0.3, 0.4) is 0 Å². The van der Waals surface area contributed by atoms with E-state index in [0.29, 0.717) is 5.56 Å². The number of ether oxygens (including phenoxy) is 1. The van der Waals surface area contributed by atoms with Gasteiger partial charge in [-0.3, -0.25) is 9.69 Å². The number of alkyl halides is 3. The maximum Gasteiger partial charge on any atom is 0.404 e. The van der Waals surface area contributed by atoms with Crippen LogP contribution < -0.4 is 0 Å². The van der Waals surface area contributed by atoms with Gasteiger partial charge >= 0.3 is 6.18 Å². The zero-order valence-electron chi connectivity index (χ0n) is 10.9. The predicted molar refractivity (Wildman–Crippen MR) is 67.6 cm³/mol. The average molecular weight is 287 g/mol. The van der Waals surface area contributed by atoms with Crippen LogP contribution in [-0.4, -0.2) is 49.2 Å². The lowest BCUT2D eigenvalue weighted by molar-refractivity contribution is -0.190. The molecule has 110 valence electrons. The van der Waals surface area contributed by atoms with Crippen LogP contribution in [0.1, 0.15) is 16.8 Å². The second-order valence-electron chi connectivity index (χ2n) is 4.70. The Balaban J connectivity index is 2.10. The number of Topliss-reactive ketones (excluding diaryl/α,β-unsaturated/α-hetero) is 1. The Morgan fingerprint density at radius 3 is 2.35 bits per heavy atom. The van der Waals surface area contributed by atoms with Crippen molar-refractivity contribution in [3.05, 3.63) is 35.9 Å². The minimum Gasteiger partial charge on any atom is -0.379 e. The van der Waals surface area contributed by atoms with E-state index in [0.717, 1.165) is 0 Å². The lowest BCUT2D eigenvalue weighted by atomic mass is 10.0. The summed E-state index contributed by atoms with van der Waals surface area (Å²) in [6.07, 6.45) is -4.96. The maximum absolute atomic E-state index is 13.1. The first-order chi connectivity index (χ1) is 9.48. The van der Waals surface area contributed by atoms with Gasteiger partial charge in [-0.2, -0.15) is 13.2 Å². The van der Waals surface area contributed by atoms with E-state index in [4.69, 9.17) is 4.74 Å². The Kier molecular flexibility index (Phi) is 4.77. The second-order valence-corrected chi connectivity index (χ2v) is 4.70. The van der Waals surface area contributed by atoms with Crippen molar-refractivity contribution < 1.29 is 22.7 Å². The number of nitrogens with zero attached hydrogens (tertiary/aromatic N) is 1. The van der Waals surface area contributed by atoms with Crippen molar-refractivity contribution in [2.75, 3.05) is 26.3 Å². The van der Waals surface area contributed by atoms with Crippen LogP contribution in [0.4, 0.5) is 13.2 Å². The molecular formula is C14H16F3NO2. The molecule has 3 nitrogen and oxygen atoms in total. The minimum atomic E-state index is -4.41. The van der Waals surface area contributed by atoms with Gasteiger partial charge in [-0.15, -0.1) is 0 Å². The van der Waals surface area contributed by atoms with E-state index in [-0.39, 0.29) is 26.3 Å². The number of benzene rings is 1.